The molecule has 1 amide bonds. The van der Waals surface area contributed by atoms with Crippen LogP contribution in [-0.4, -0.2) is 36.2 Å². The van der Waals surface area contributed by atoms with E-state index in [9.17, 15) is 9.59 Å². The second-order valence-electron chi connectivity index (χ2n) is 5.88. The molecule has 120 valence electrons. The zero-order valence-electron chi connectivity index (χ0n) is 12.9. The smallest absolute Gasteiger partial charge is 0.335 e. The van der Waals surface area contributed by atoms with E-state index >= 15 is 0 Å². The van der Waals surface area contributed by atoms with Crippen molar-refractivity contribution in [2.75, 3.05) is 13.2 Å². The third-order valence-corrected chi connectivity index (χ3v) is 4.02. The van der Waals surface area contributed by atoms with Crippen molar-refractivity contribution in [1.82, 2.24) is 5.32 Å². The minimum atomic E-state index is -0.935. The van der Waals surface area contributed by atoms with E-state index in [-0.39, 0.29) is 17.6 Å². The number of carbonyl (C=O) groups is 2. The molecule has 1 aromatic rings. The number of carbonyl (C=O) groups excluding carboxylic acids is 1. The zero-order valence-corrected chi connectivity index (χ0v) is 12.9. The second kappa shape index (κ2) is 7.94. The number of nitrogens with one attached hydrogen (secondary N) is 1. The maximum Gasteiger partial charge on any atom is 0.335 e. The maximum absolute atomic E-state index is 11.9. The first-order chi connectivity index (χ1) is 10.5. The number of aromatic carboxylic acids is 1. The van der Waals surface area contributed by atoms with Crippen LogP contribution in [0.1, 0.15) is 42.1 Å². The maximum atomic E-state index is 11.9. The van der Waals surface area contributed by atoms with Crippen molar-refractivity contribution in [2.45, 2.75) is 38.7 Å². The highest BCUT2D eigenvalue weighted by Crippen LogP contribution is 2.19. The molecule has 5 nitrogen and oxygen atoms in total. The van der Waals surface area contributed by atoms with Crippen LogP contribution < -0.4 is 5.32 Å². The molecule has 2 N–H and O–H groups in total. The van der Waals surface area contributed by atoms with E-state index in [0.29, 0.717) is 25.3 Å². The molecule has 1 saturated heterocycles. The van der Waals surface area contributed by atoms with Crippen LogP contribution in [0.2, 0.25) is 0 Å². The zero-order chi connectivity index (χ0) is 15.9. The minimum absolute atomic E-state index is 0.0430. The molecule has 0 spiro atoms. The Morgan fingerprint density at radius 2 is 2.05 bits per heavy atom. The van der Waals surface area contributed by atoms with Gasteiger partial charge in [0, 0.05) is 19.6 Å². The van der Waals surface area contributed by atoms with E-state index < -0.39 is 5.97 Å². The second-order valence-corrected chi connectivity index (χ2v) is 5.88. The fourth-order valence-corrected chi connectivity index (χ4v) is 2.70. The van der Waals surface area contributed by atoms with Gasteiger partial charge in [0.05, 0.1) is 11.7 Å². The number of ether oxygens (including phenoxy) is 1. The Kier molecular flexibility index (Phi) is 5.95. The number of rotatable bonds is 6. The Morgan fingerprint density at radius 3 is 2.68 bits per heavy atom. The summed E-state index contributed by atoms with van der Waals surface area (Å²) in [6, 6.07) is 6.66. The van der Waals surface area contributed by atoms with Gasteiger partial charge in [-0.1, -0.05) is 12.1 Å². The molecule has 1 aromatic carbocycles. The predicted molar refractivity (Wildman–Crippen MR) is 82.9 cm³/mol. The van der Waals surface area contributed by atoms with Crippen molar-refractivity contribution in [3.8, 4) is 0 Å². The van der Waals surface area contributed by atoms with Crippen LogP contribution >= 0.6 is 0 Å². The summed E-state index contributed by atoms with van der Waals surface area (Å²) in [4.78, 5) is 22.6. The molecule has 0 radical (unpaired) electrons. The molecule has 0 aromatic heterocycles. The van der Waals surface area contributed by atoms with Gasteiger partial charge in [0.1, 0.15) is 0 Å². The number of benzene rings is 1. The highest BCUT2D eigenvalue weighted by molar-refractivity contribution is 5.87. The summed E-state index contributed by atoms with van der Waals surface area (Å²) in [5, 5.41) is 11.8. The minimum Gasteiger partial charge on any atom is -0.478 e. The van der Waals surface area contributed by atoms with Gasteiger partial charge < -0.3 is 15.2 Å². The summed E-state index contributed by atoms with van der Waals surface area (Å²) in [5.74, 6) is -0.390. The molecule has 0 saturated carbocycles. The van der Waals surface area contributed by atoms with Gasteiger partial charge in [-0.25, -0.2) is 4.79 Å². The van der Waals surface area contributed by atoms with Gasteiger partial charge in [-0.2, -0.15) is 0 Å². The van der Waals surface area contributed by atoms with Crippen molar-refractivity contribution < 1.29 is 19.4 Å². The van der Waals surface area contributed by atoms with Crippen LogP contribution in [0, 0.1) is 5.92 Å². The van der Waals surface area contributed by atoms with Gasteiger partial charge in [0.15, 0.2) is 0 Å². The number of hydrogen-bond acceptors (Lipinski definition) is 3. The van der Waals surface area contributed by atoms with E-state index in [0.717, 1.165) is 25.0 Å². The Balaban J connectivity index is 1.70. The van der Waals surface area contributed by atoms with E-state index in [1.54, 1.807) is 24.3 Å². The van der Waals surface area contributed by atoms with E-state index in [2.05, 4.69) is 12.2 Å². The lowest BCUT2D eigenvalue weighted by Gasteiger charge is -2.27. The fraction of sp³-hybridized carbons (Fsp3) is 0.529. The first-order valence-corrected chi connectivity index (χ1v) is 7.75. The van der Waals surface area contributed by atoms with Gasteiger partial charge in [-0.3, -0.25) is 4.79 Å². The lowest BCUT2D eigenvalue weighted by molar-refractivity contribution is -0.121. The highest BCUT2D eigenvalue weighted by Gasteiger charge is 2.19. The van der Waals surface area contributed by atoms with Gasteiger partial charge >= 0.3 is 5.97 Å². The van der Waals surface area contributed by atoms with E-state index in [4.69, 9.17) is 9.84 Å². The Bertz CT molecular complexity index is 512. The summed E-state index contributed by atoms with van der Waals surface area (Å²) in [6.07, 6.45) is 3.32. The molecule has 22 heavy (non-hydrogen) atoms. The molecule has 1 heterocycles. The molecule has 1 fully saturated rings. The summed E-state index contributed by atoms with van der Waals surface area (Å²) in [7, 11) is 0. The monoisotopic (exact) mass is 305 g/mol. The van der Waals surface area contributed by atoms with Crippen LogP contribution in [0.15, 0.2) is 24.3 Å². The summed E-state index contributed by atoms with van der Waals surface area (Å²) >= 11 is 0. The predicted octanol–water partition coefficient (Wildman–Crippen LogP) is 2.25. The summed E-state index contributed by atoms with van der Waals surface area (Å²) in [5.41, 5.74) is 1.24. The average Bonchev–Trinajstić information content (AvgIpc) is 2.51. The summed E-state index contributed by atoms with van der Waals surface area (Å²) < 4.78 is 5.49. The number of carboxylic acid groups (broad SMARTS) is 1. The van der Waals surface area contributed by atoms with Crippen LogP contribution in [0.25, 0.3) is 0 Å². The van der Waals surface area contributed by atoms with Crippen LogP contribution in [0.4, 0.5) is 0 Å². The molecular formula is C17H23NO4. The standard InChI is InChI=1S/C17H23NO4/c1-12-10-14(8-9-22-12)11-18-16(19)7-4-13-2-5-15(6-3-13)17(20)21/h2-3,5-6,12,14H,4,7-11H2,1H3,(H,18,19)(H,20,21). The lowest BCUT2D eigenvalue weighted by Crippen LogP contribution is -2.34. The molecule has 2 atom stereocenters. The third-order valence-electron chi connectivity index (χ3n) is 4.02. The first-order valence-electron chi connectivity index (χ1n) is 7.75. The highest BCUT2D eigenvalue weighted by atomic mass is 16.5. The molecule has 1 aliphatic heterocycles. The Morgan fingerprint density at radius 1 is 1.32 bits per heavy atom. The molecule has 2 unspecified atom stereocenters. The third kappa shape index (κ3) is 5.15. The quantitative estimate of drug-likeness (QED) is 0.845. The van der Waals surface area contributed by atoms with E-state index in [1.807, 2.05) is 0 Å². The van der Waals surface area contributed by atoms with Gasteiger partial charge in [-0.05, 0) is 49.8 Å². The van der Waals surface area contributed by atoms with Crippen LogP contribution in [0.3, 0.4) is 0 Å². The van der Waals surface area contributed by atoms with Crippen molar-refractivity contribution in [1.29, 1.82) is 0 Å². The van der Waals surface area contributed by atoms with E-state index in [1.165, 1.54) is 0 Å². The molecule has 1 aliphatic rings. The van der Waals surface area contributed by atoms with Crippen molar-refractivity contribution >= 4 is 11.9 Å². The van der Waals surface area contributed by atoms with Gasteiger partial charge in [-0.15, -0.1) is 0 Å². The molecular weight excluding hydrogens is 282 g/mol. The summed E-state index contributed by atoms with van der Waals surface area (Å²) in [6.45, 7) is 3.55. The Hall–Kier alpha value is -1.88. The number of hydrogen-bond donors (Lipinski definition) is 2. The average molecular weight is 305 g/mol. The fourth-order valence-electron chi connectivity index (χ4n) is 2.70. The number of amides is 1. The molecule has 2 rings (SSSR count). The first kappa shape index (κ1) is 16.5. The SMILES string of the molecule is CC1CC(CNC(=O)CCc2ccc(C(=O)O)cc2)CCO1. The number of carboxylic acids is 1. The largest absolute Gasteiger partial charge is 0.478 e. The van der Waals surface area contributed by atoms with Crippen LogP contribution in [-0.2, 0) is 16.0 Å². The lowest BCUT2D eigenvalue weighted by atomic mass is 9.96. The number of aryl methyl sites for hydroxylation is 1. The van der Waals surface area contributed by atoms with Gasteiger partial charge in [0.2, 0.25) is 5.91 Å². The van der Waals surface area contributed by atoms with Crippen molar-refractivity contribution in [3.05, 3.63) is 35.4 Å². The van der Waals surface area contributed by atoms with Crippen molar-refractivity contribution in [3.63, 3.8) is 0 Å². The molecule has 5 heteroatoms. The molecule has 0 aliphatic carbocycles. The Labute approximate surface area is 130 Å². The topological polar surface area (TPSA) is 75.6 Å². The molecule has 0 bridgehead atoms. The van der Waals surface area contributed by atoms with Crippen LogP contribution in [0.5, 0.6) is 0 Å². The van der Waals surface area contributed by atoms with Crippen molar-refractivity contribution in [2.24, 2.45) is 5.92 Å². The normalized spacial score (nSPS) is 21.3. The van der Waals surface area contributed by atoms with Gasteiger partial charge in [0.25, 0.3) is 0 Å².